The van der Waals surface area contributed by atoms with E-state index in [4.69, 9.17) is 0 Å². The topological polar surface area (TPSA) is 62.3 Å². The summed E-state index contributed by atoms with van der Waals surface area (Å²) in [6.07, 6.45) is 5.14. The van der Waals surface area contributed by atoms with Gasteiger partial charge in [-0.25, -0.2) is 0 Å². The molecule has 3 aromatic carbocycles. The molecule has 0 spiro atoms. The van der Waals surface area contributed by atoms with Crippen LogP contribution in [0.4, 0.5) is 22.7 Å². The maximum Gasteiger partial charge on any atom is 0.253 e. The first-order valence-electron chi connectivity index (χ1n) is 9.66. The minimum absolute atomic E-state index is 0.00916. The van der Waals surface area contributed by atoms with Crippen LogP contribution in [0.1, 0.15) is 23.6 Å². The molecule has 1 atom stereocenters. The number of fused-ring (bicyclic) bond motifs is 1. The van der Waals surface area contributed by atoms with Crippen molar-refractivity contribution in [3.8, 4) is 0 Å². The van der Waals surface area contributed by atoms with Gasteiger partial charge in [0, 0.05) is 23.8 Å². The molecule has 0 radical (unpaired) electrons. The summed E-state index contributed by atoms with van der Waals surface area (Å²) >= 11 is 0. The first kappa shape index (κ1) is 17.4. The van der Waals surface area contributed by atoms with Crippen molar-refractivity contribution in [2.75, 3.05) is 10.2 Å². The summed E-state index contributed by atoms with van der Waals surface area (Å²) in [5.41, 5.74) is 3.97. The highest BCUT2D eigenvalue weighted by molar-refractivity contribution is 5.84. The van der Waals surface area contributed by atoms with Gasteiger partial charge in [0.05, 0.1) is 6.04 Å². The van der Waals surface area contributed by atoms with E-state index in [2.05, 4.69) is 22.4 Å². The number of nitrogens with zero attached hydrogens (tertiary/aromatic N) is 2. The van der Waals surface area contributed by atoms with Gasteiger partial charge >= 0.3 is 0 Å². The SMILES string of the molecule is O=c1c(Nc2ccncc2)c(N(c2ccccc2)[C@@H]2CCc3ccccc32)c1=O. The molecule has 1 aromatic heterocycles. The van der Waals surface area contributed by atoms with Gasteiger partial charge in [-0.2, -0.15) is 0 Å². The molecule has 29 heavy (non-hydrogen) atoms. The molecule has 142 valence electrons. The zero-order chi connectivity index (χ0) is 19.8. The Morgan fingerprint density at radius 2 is 1.59 bits per heavy atom. The Morgan fingerprint density at radius 3 is 2.38 bits per heavy atom. The highest BCUT2D eigenvalue weighted by Gasteiger charge is 2.35. The van der Waals surface area contributed by atoms with Crippen molar-refractivity contribution in [2.24, 2.45) is 0 Å². The lowest BCUT2D eigenvalue weighted by Gasteiger charge is -2.34. The quantitative estimate of drug-likeness (QED) is 0.524. The van der Waals surface area contributed by atoms with E-state index in [-0.39, 0.29) is 6.04 Å². The Morgan fingerprint density at radius 1 is 0.862 bits per heavy atom. The third-order valence-corrected chi connectivity index (χ3v) is 5.52. The molecule has 0 saturated carbocycles. The van der Waals surface area contributed by atoms with Gasteiger partial charge in [-0.3, -0.25) is 14.6 Å². The van der Waals surface area contributed by atoms with Gasteiger partial charge in [0.2, 0.25) is 0 Å². The van der Waals surface area contributed by atoms with Crippen LogP contribution in [0.3, 0.4) is 0 Å². The Labute approximate surface area is 168 Å². The van der Waals surface area contributed by atoms with Crippen LogP contribution in [0.15, 0.2) is 88.7 Å². The van der Waals surface area contributed by atoms with E-state index < -0.39 is 10.9 Å². The summed E-state index contributed by atoms with van der Waals surface area (Å²) < 4.78 is 0. The van der Waals surface area contributed by atoms with Crippen LogP contribution in [0.2, 0.25) is 0 Å². The average Bonchev–Trinajstić information content (AvgIpc) is 3.21. The Bertz CT molecular complexity index is 1230. The molecular formula is C24H19N3O2. The number of aryl methyl sites for hydroxylation is 1. The number of hydrogen-bond donors (Lipinski definition) is 1. The molecule has 1 aliphatic carbocycles. The van der Waals surface area contributed by atoms with Gasteiger partial charge in [0.15, 0.2) is 0 Å². The van der Waals surface area contributed by atoms with Crippen LogP contribution in [-0.4, -0.2) is 4.98 Å². The number of nitrogens with one attached hydrogen (secondary N) is 1. The monoisotopic (exact) mass is 381 g/mol. The predicted octanol–water partition coefficient (Wildman–Crippen LogP) is 4.25. The summed E-state index contributed by atoms with van der Waals surface area (Å²) in [5.74, 6) is 0. The van der Waals surface area contributed by atoms with Crippen LogP contribution in [0.25, 0.3) is 0 Å². The maximum atomic E-state index is 12.7. The lowest BCUT2D eigenvalue weighted by Crippen LogP contribution is -2.41. The molecule has 1 N–H and O–H groups in total. The summed E-state index contributed by atoms with van der Waals surface area (Å²) in [6, 6.07) is 21.7. The molecule has 5 rings (SSSR count). The van der Waals surface area contributed by atoms with Crippen molar-refractivity contribution < 1.29 is 0 Å². The summed E-state index contributed by atoms with van der Waals surface area (Å²) in [6.45, 7) is 0. The van der Waals surface area contributed by atoms with Crippen molar-refractivity contribution in [2.45, 2.75) is 18.9 Å². The zero-order valence-electron chi connectivity index (χ0n) is 15.7. The molecule has 1 heterocycles. The van der Waals surface area contributed by atoms with Crippen LogP contribution >= 0.6 is 0 Å². The number of aromatic nitrogens is 1. The Kier molecular flexibility index (Phi) is 4.21. The molecule has 5 nitrogen and oxygen atoms in total. The molecule has 5 heteroatoms. The van der Waals surface area contributed by atoms with Gasteiger partial charge in [0.1, 0.15) is 11.4 Å². The number of benzene rings is 2. The van der Waals surface area contributed by atoms with Crippen molar-refractivity contribution >= 4 is 22.7 Å². The van der Waals surface area contributed by atoms with Gasteiger partial charge in [-0.15, -0.1) is 0 Å². The Balaban J connectivity index is 1.63. The van der Waals surface area contributed by atoms with Gasteiger partial charge in [-0.1, -0.05) is 42.5 Å². The number of para-hydroxylation sites is 1. The minimum Gasteiger partial charge on any atom is -0.350 e. The molecule has 0 fully saturated rings. The highest BCUT2D eigenvalue weighted by atomic mass is 16.2. The lowest BCUT2D eigenvalue weighted by molar-refractivity contribution is 0.684. The molecule has 4 aromatic rings. The number of hydrogen-bond acceptors (Lipinski definition) is 5. The lowest BCUT2D eigenvalue weighted by atomic mass is 10.0. The molecule has 0 saturated heterocycles. The van der Waals surface area contributed by atoms with Crippen molar-refractivity contribution in [1.29, 1.82) is 0 Å². The minimum atomic E-state index is -0.482. The third kappa shape index (κ3) is 2.91. The standard InChI is InChI=1S/C24H19N3O2/c28-23-21(26-17-12-14-25-15-13-17)22(24(23)29)27(18-7-2-1-3-8-18)20-11-10-16-6-4-5-9-19(16)20/h1-9,12-15,20H,10-11H2,(H,25,26)/t20-/m1/s1. The normalized spacial score (nSPS) is 15.2. The van der Waals surface area contributed by atoms with E-state index in [9.17, 15) is 9.59 Å². The fourth-order valence-corrected chi connectivity index (χ4v) is 4.16. The van der Waals surface area contributed by atoms with Crippen LogP contribution in [-0.2, 0) is 6.42 Å². The van der Waals surface area contributed by atoms with E-state index in [1.807, 2.05) is 47.4 Å². The van der Waals surface area contributed by atoms with E-state index in [1.165, 1.54) is 11.1 Å². The zero-order valence-corrected chi connectivity index (χ0v) is 15.7. The highest BCUT2D eigenvalue weighted by Crippen LogP contribution is 2.44. The number of pyridine rings is 1. The fraction of sp³-hybridized carbons (Fsp3) is 0.125. The maximum absolute atomic E-state index is 12.7. The summed E-state index contributed by atoms with van der Waals surface area (Å²) in [5, 5.41) is 3.13. The first-order valence-corrected chi connectivity index (χ1v) is 9.66. The van der Waals surface area contributed by atoms with Crippen LogP contribution < -0.4 is 21.1 Å². The third-order valence-electron chi connectivity index (χ3n) is 5.52. The van der Waals surface area contributed by atoms with Gasteiger partial charge in [0.25, 0.3) is 10.9 Å². The van der Waals surface area contributed by atoms with Crippen molar-refractivity contribution in [3.63, 3.8) is 0 Å². The van der Waals surface area contributed by atoms with Crippen LogP contribution in [0, 0.1) is 0 Å². The van der Waals surface area contributed by atoms with Crippen molar-refractivity contribution in [1.82, 2.24) is 4.98 Å². The molecular weight excluding hydrogens is 362 g/mol. The van der Waals surface area contributed by atoms with E-state index in [0.29, 0.717) is 11.4 Å². The largest absolute Gasteiger partial charge is 0.350 e. The Hall–Kier alpha value is -3.73. The molecule has 0 amide bonds. The van der Waals surface area contributed by atoms with Crippen LogP contribution in [0.5, 0.6) is 0 Å². The number of rotatable bonds is 5. The smallest absolute Gasteiger partial charge is 0.253 e. The predicted molar refractivity (Wildman–Crippen MR) is 115 cm³/mol. The van der Waals surface area contributed by atoms with E-state index >= 15 is 0 Å². The van der Waals surface area contributed by atoms with Crippen molar-refractivity contribution in [3.05, 3.63) is 111 Å². The second-order valence-electron chi connectivity index (χ2n) is 7.20. The molecule has 0 aliphatic heterocycles. The summed E-state index contributed by atoms with van der Waals surface area (Å²) in [7, 11) is 0. The fourth-order valence-electron chi connectivity index (χ4n) is 4.16. The molecule has 0 unspecified atom stereocenters. The van der Waals surface area contributed by atoms with E-state index in [1.54, 1.807) is 24.5 Å². The van der Waals surface area contributed by atoms with Gasteiger partial charge in [-0.05, 0) is 48.2 Å². The molecule has 0 bridgehead atoms. The summed E-state index contributed by atoms with van der Waals surface area (Å²) in [4.78, 5) is 31.2. The first-order chi connectivity index (χ1) is 14.2. The second kappa shape index (κ2) is 7.02. The molecule has 1 aliphatic rings. The number of anilines is 4. The second-order valence-corrected chi connectivity index (χ2v) is 7.20. The van der Waals surface area contributed by atoms with Gasteiger partial charge < -0.3 is 10.2 Å². The average molecular weight is 381 g/mol. The van der Waals surface area contributed by atoms with E-state index in [0.717, 1.165) is 24.2 Å².